The van der Waals surface area contributed by atoms with Gasteiger partial charge in [-0.3, -0.25) is 0 Å². The van der Waals surface area contributed by atoms with E-state index in [1.165, 1.54) is 36.4 Å². The number of hydrogen-bond acceptors (Lipinski definition) is 5. The number of hydrazone groups is 1. The molecule has 0 spiro atoms. The van der Waals surface area contributed by atoms with Crippen molar-refractivity contribution >= 4 is 50.9 Å². The number of halogens is 2. The van der Waals surface area contributed by atoms with Crippen molar-refractivity contribution in [2.45, 2.75) is 30.7 Å². The zero-order valence-electron chi connectivity index (χ0n) is 21.6. The first-order valence-electron chi connectivity index (χ1n) is 12.2. The fourth-order valence-corrected chi connectivity index (χ4v) is 5.36. The van der Waals surface area contributed by atoms with E-state index in [1.54, 1.807) is 12.1 Å². The Balaban J connectivity index is 1.83. The van der Waals surface area contributed by atoms with Crippen molar-refractivity contribution in [3.05, 3.63) is 100 Å². The summed E-state index contributed by atoms with van der Waals surface area (Å²) in [5, 5.41) is 10.3. The van der Waals surface area contributed by atoms with Crippen LogP contribution in [-0.4, -0.2) is 50.8 Å². The average Bonchev–Trinajstić information content (AvgIpc) is 3.37. The SMILES string of the molecule is COC(=O)C(N/C(=N\S(=O)(=O)c1ccc(Cl)cc1)N1C[C@@H](c2ccccc2)C(c2ccc(Cl)cc2)=N1)C(C)C. The maximum absolute atomic E-state index is 13.4. The molecule has 0 saturated carbocycles. The highest BCUT2D eigenvalue weighted by atomic mass is 35.5. The normalized spacial score (nSPS) is 16.7. The fourth-order valence-electron chi connectivity index (χ4n) is 4.15. The smallest absolute Gasteiger partial charge is 0.328 e. The van der Waals surface area contributed by atoms with Crippen LogP contribution in [0, 0.1) is 5.92 Å². The standard InChI is InChI=1S/C28H28Cl2N4O4S/c1-18(2)25(27(35)38-3)31-28(33-39(36,37)23-15-13-22(30)14-16-23)34-17-24(19-7-5-4-6-8-19)26(32-34)20-9-11-21(29)12-10-20/h4-16,18,24-25H,17H2,1-3H3,(H,31,33)/t24-,25?/m0/s1. The molecular weight excluding hydrogens is 559 g/mol. The number of hydrogen-bond donors (Lipinski definition) is 1. The van der Waals surface area contributed by atoms with Crippen molar-refractivity contribution in [1.29, 1.82) is 0 Å². The first kappa shape index (κ1) is 28.6. The summed E-state index contributed by atoms with van der Waals surface area (Å²) in [5.74, 6) is -1.11. The predicted molar refractivity (Wildman–Crippen MR) is 154 cm³/mol. The Morgan fingerprint density at radius 2 is 1.59 bits per heavy atom. The molecule has 1 aliphatic rings. The molecule has 0 aromatic heterocycles. The second kappa shape index (κ2) is 12.2. The number of nitrogens with one attached hydrogen (secondary N) is 1. The van der Waals surface area contributed by atoms with Gasteiger partial charge in [-0.05, 0) is 53.4 Å². The van der Waals surface area contributed by atoms with Gasteiger partial charge in [0.05, 0.1) is 24.3 Å². The molecule has 1 heterocycles. The summed E-state index contributed by atoms with van der Waals surface area (Å²) < 4.78 is 35.8. The summed E-state index contributed by atoms with van der Waals surface area (Å²) in [6.45, 7) is 3.91. The summed E-state index contributed by atoms with van der Waals surface area (Å²) in [6.07, 6.45) is 0. The molecule has 39 heavy (non-hydrogen) atoms. The summed E-state index contributed by atoms with van der Waals surface area (Å²) in [6, 6.07) is 21.8. The molecule has 1 aliphatic heterocycles. The van der Waals surface area contributed by atoms with Gasteiger partial charge in [0.15, 0.2) is 0 Å². The monoisotopic (exact) mass is 586 g/mol. The Morgan fingerprint density at radius 1 is 1.00 bits per heavy atom. The zero-order valence-corrected chi connectivity index (χ0v) is 23.9. The van der Waals surface area contributed by atoms with E-state index in [9.17, 15) is 13.2 Å². The van der Waals surface area contributed by atoms with Crippen LogP contribution >= 0.6 is 23.2 Å². The number of carbonyl (C=O) groups is 1. The lowest BCUT2D eigenvalue weighted by molar-refractivity contribution is -0.143. The lowest BCUT2D eigenvalue weighted by Crippen LogP contribution is -2.50. The molecule has 0 fully saturated rings. The van der Waals surface area contributed by atoms with Crippen LogP contribution in [0.4, 0.5) is 0 Å². The third-order valence-corrected chi connectivity index (χ3v) is 8.01. The second-order valence-electron chi connectivity index (χ2n) is 9.27. The summed E-state index contributed by atoms with van der Waals surface area (Å²) in [5.41, 5.74) is 2.52. The van der Waals surface area contributed by atoms with E-state index in [4.69, 9.17) is 33.0 Å². The van der Waals surface area contributed by atoms with Gasteiger partial charge in [-0.2, -0.15) is 13.5 Å². The van der Waals surface area contributed by atoms with Gasteiger partial charge in [-0.15, -0.1) is 4.40 Å². The summed E-state index contributed by atoms with van der Waals surface area (Å²) >= 11 is 12.1. The van der Waals surface area contributed by atoms with Gasteiger partial charge in [-0.25, -0.2) is 9.80 Å². The number of benzene rings is 3. The fraction of sp³-hybridized carbons (Fsp3) is 0.250. The zero-order chi connectivity index (χ0) is 28.2. The van der Waals surface area contributed by atoms with E-state index in [1.807, 2.05) is 56.3 Å². The van der Waals surface area contributed by atoms with Crippen molar-refractivity contribution in [2.24, 2.45) is 15.4 Å². The maximum atomic E-state index is 13.4. The van der Waals surface area contributed by atoms with E-state index in [0.717, 1.165) is 11.1 Å². The highest BCUT2D eigenvalue weighted by Crippen LogP contribution is 2.30. The van der Waals surface area contributed by atoms with Gasteiger partial charge in [0.25, 0.3) is 10.0 Å². The Hall–Kier alpha value is -3.40. The molecule has 1 N–H and O–H groups in total. The minimum Gasteiger partial charge on any atom is -0.467 e. The Bertz CT molecular complexity index is 1480. The topological polar surface area (TPSA) is 100 Å². The van der Waals surface area contributed by atoms with Gasteiger partial charge in [0, 0.05) is 16.0 Å². The van der Waals surface area contributed by atoms with Crippen LogP contribution in [0.15, 0.2) is 93.3 Å². The minimum absolute atomic E-state index is 0.0499. The molecule has 0 aliphatic carbocycles. The first-order chi connectivity index (χ1) is 18.6. The molecule has 0 saturated heterocycles. The van der Waals surface area contributed by atoms with Crippen LogP contribution < -0.4 is 5.32 Å². The van der Waals surface area contributed by atoms with E-state index in [-0.39, 0.29) is 29.2 Å². The van der Waals surface area contributed by atoms with Crippen molar-refractivity contribution in [1.82, 2.24) is 10.3 Å². The van der Waals surface area contributed by atoms with Crippen LogP contribution in [0.5, 0.6) is 0 Å². The van der Waals surface area contributed by atoms with Crippen molar-refractivity contribution < 1.29 is 17.9 Å². The van der Waals surface area contributed by atoms with Crippen molar-refractivity contribution in [3.8, 4) is 0 Å². The Kier molecular flexibility index (Phi) is 8.94. The Labute approximate surface area is 238 Å². The van der Waals surface area contributed by atoms with E-state index >= 15 is 0 Å². The van der Waals surface area contributed by atoms with Crippen molar-refractivity contribution in [2.75, 3.05) is 13.7 Å². The number of guanidine groups is 1. The summed E-state index contributed by atoms with van der Waals surface area (Å²) in [4.78, 5) is 12.6. The molecule has 4 rings (SSSR count). The van der Waals surface area contributed by atoms with E-state index in [0.29, 0.717) is 15.8 Å². The predicted octanol–water partition coefficient (Wildman–Crippen LogP) is 5.33. The van der Waals surface area contributed by atoms with E-state index < -0.39 is 22.0 Å². The molecule has 0 radical (unpaired) electrons. The molecule has 8 nitrogen and oxygen atoms in total. The number of esters is 1. The third kappa shape index (κ3) is 6.79. The molecular formula is C28H28Cl2N4O4S. The largest absolute Gasteiger partial charge is 0.467 e. The highest BCUT2D eigenvalue weighted by Gasteiger charge is 2.35. The molecule has 11 heteroatoms. The van der Waals surface area contributed by atoms with E-state index in [2.05, 4.69) is 9.71 Å². The molecule has 3 aromatic rings. The van der Waals surface area contributed by atoms with Gasteiger partial charge in [0.1, 0.15) is 6.04 Å². The quantitative estimate of drug-likeness (QED) is 0.228. The molecule has 204 valence electrons. The van der Waals surface area contributed by atoms with Crippen LogP contribution in [0.25, 0.3) is 0 Å². The maximum Gasteiger partial charge on any atom is 0.328 e. The second-order valence-corrected chi connectivity index (χ2v) is 11.7. The lowest BCUT2D eigenvalue weighted by atomic mass is 9.91. The number of sulfonamides is 1. The number of rotatable bonds is 7. The molecule has 3 aromatic carbocycles. The lowest BCUT2D eigenvalue weighted by Gasteiger charge is -2.25. The van der Waals surface area contributed by atoms with Crippen LogP contribution in [0.2, 0.25) is 10.0 Å². The van der Waals surface area contributed by atoms with Crippen LogP contribution in [0.3, 0.4) is 0 Å². The number of methoxy groups -OCH3 is 1. The number of carbonyl (C=O) groups excluding carboxylic acids is 1. The van der Waals surface area contributed by atoms with Gasteiger partial charge in [0.2, 0.25) is 5.96 Å². The van der Waals surface area contributed by atoms with Crippen LogP contribution in [0.1, 0.15) is 30.9 Å². The summed E-state index contributed by atoms with van der Waals surface area (Å²) in [7, 11) is -2.92. The average molecular weight is 588 g/mol. The molecule has 0 amide bonds. The number of nitrogens with zero attached hydrogens (tertiary/aromatic N) is 3. The molecule has 0 bridgehead atoms. The number of ether oxygens (including phenoxy) is 1. The van der Waals surface area contributed by atoms with Crippen molar-refractivity contribution in [3.63, 3.8) is 0 Å². The van der Waals surface area contributed by atoms with Gasteiger partial charge >= 0.3 is 5.97 Å². The Morgan fingerprint density at radius 3 is 2.15 bits per heavy atom. The first-order valence-corrected chi connectivity index (χ1v) is 14.4. The molecule has 2 atom stereocenters. The van der Waals surface area contributed by atoms with Gasteiger partial charge in [-0.1, -0.05) is 79.5 Å². The molecule has 1 unspecified atom stereocenters. The highest BCUT2D eigenvalue weighted by molar-refractivity contribution is 7.90. The van der Waals surface area contributed by atoms with Crippen LogP contribution in [-0.2, 0) is 19.6 Å². The minimum atomic E-state index is -4.20. The third-order valence-electron chi connectivity index (χ3n) is 6.22. The van der Waals surface area contributed by atoms with Gasteiger partial charge < -0.3 is 10.1 Å².